The molecule has 0 aliphatic rings. The Balaban J connectivity index is 1.34. The highest BCUT2D eigenvalue weighted by atomic mass is 79.9. The second-order valence-electron chi connectivity index (χ2n) is 9.91. The maximum Gasteiger partial charge on any atom is 0.164 e. The van der Waals surface area contributed by atoms with E-state index in [0.29, 0.717) is 17.5 Å². The Hall–Kier alpha value is -5.40. The Morgan fingerprint density at radius 1 is 0.349 bits per heavy atom. The van der Waals surface area contributed by atoms with Gasteiger partial charge in [0.2, 0.25) is 0 Å². The topological polar surface area (TPSA) is 77.3 Å². The molecule has 204 valence electrons. The largest absolute Gasteiger partial charge is 0.264 e. The van der Waals surface area contributed by atoms with E-state index in [2.05, 4.69) is 67.3 Å². The van der Waals surface area contributed by atoms with Crippen molar-refractivity contribution in [2.24, 2.45) is 0 Å². The fraction of sp³-hybridized carbons (Fsp3) is 0. The Labute approximate surface area is 257 Å². The van der Waals surface area contributed by atoms with Crippen LogP contribution in [0.25, 0.3) is 67.5 Å². The van der Waals surface area contributed by atoms with Gasteiger partial charge in [0.05, 0.1) is 0 Å². The van der Waals surface area contributed by atoms with Gasteiger partial charge in [-0.05, 0) is 64.2 Å². The van der Waals surface area contributed by atoms with Gasteiger partial charge in [0, 0.05) is 63.9 Å². The van der Waals surface area contributed by atoms with Crippen molar-refractivity contribution in [2.75, 3.05) is 0 Å². The molecule has 0 aliphatic carbocycles. The standard InChI is InChI=1S/C36H23BrN6/c37-33-19-31(30-6-3-17-40-23-30)18-32(20-33)36-42-34(26-11-7-24(8-12-26)28-4-1-15-38-21-28)41-35(43-36)27-13-9-25(10-14-27)29-5-2-16-39-22-29/h1-23H. The van der Waals surface area contributed by atoms with E-state index in [1.807, 2.05) is 85.3 Å². The number of hydrogen-bond donors (Lipinski definition) is 0. The van der Waals surface area contributed by atoms with Crippen LogP contribution in [0, 0.1) is 0 Å². The molecular formula is C36H23BrN6. The quantitative estimate of drug-likeness (QED) is 0.185. The first-order valence-electron chi connectivity index (χ1n) is 13.7. The van der Waals surface area contributed by atoms with E-state index in [1.54, 1.807) is 18.6 Å². The summed E-state index contributed by atoms with van der Waals surface area (Å²) in [5.74, 6) is 1.77. The summed E-state index contributed by atoms with van der Waals surface area (Å²) in [5.41, 5.74) is 8.94. The van der Waals surface area contributed by atoms with Crippen LogP contribution in [0.5, 0.6) is 0 Å². The van der Waals surface area contributed by atoms with Gasteiger partial charge in [0.1, 0.15) is 0 Å². The Morgan fingerprint density at radius 2 is 0.721 bits per heavy atom. The van der Waals surface area contributed by atoms with E-state index < -0.39 is 0 Å². The van der Waals surface area contributed by atoms with Crippen molar-refractivity contribution < 1.29 is 0 Å². The van der Waals surface area contributed by atoms with Crippen LogP contribution in [-0.4, -0.2) is 29.9 Å². The monoisotopic (exact) mass is 618 g/mol. The van der Waals surface area contributed by atoms with E-state index in [0.717, 1.165) is 54.5 Å². The number of benzene rings is 3. The van der Waals surface area contributed by atoms with Crippen LogP contribution in [0.15, 0.2) is 145 Å². The SMILES string of the molecule is Brc1cc(-c2cccnc2)cc(-c2nc(-c3ccc(-c4cccnc4)cc3)nc(-c3ccc(-c4cccnc4)cc3)n2)c1. The lowest BCUT2D eigenvalue weighted by Gasteiger charge is -2.11. The third-order valence-electron chi connectivity index (χ3n) is 7.06. The number of aromatic nitrogens is 6. The van der Waals surface area contributed by atoms with E-state index in [-0.39, 0.29) is 0 Å². The van der Waals surface area contributed by atoms with E-state index in [9.17, 15) is 0 Å². The van der Waals surface area contributed by atoms with Crippen LogP contribution in [0.4, 0.5) is 0 Å². The first kappa shape index (κ1) is 26.5. The number of pyridine rings is 3. The Kier molecular flexibility index (Phi) is 7.29. The maximum absolute atomic E-state index is 4.96. The second-order valence-corrected chi connectivity index (χ2v) is 10.8. The molecule has 43 heavy (non-hydrogen) atoms. The normalized spacial score (nSPS) is 10.9. The van der Waals surface area contributed by atoms with Crippen LogP contribution < -0.4 is 0 Å². The fourth-order valence-corrected chi connectivity index (χ4v) is 5.37. The molecule has 0 atom stereocenters. The lowest BCUT2D eigenvalue weighted by Crippen LogP contribution is -2.00. The highest BCUT2D eigenvalue weighted by Crippen LogP contribution is 2.32. The summed E-state index contributed by atoms with van der Waals surface area (Å²) in [6.45, 7) is 0. The van der Waals surface area contributed by atoms with Crippen LogP contribution >= 0.6 is 15.9 Å². The van der Waals surface area contributed by atoms with Gasteiger partial charge in [0.15, 0.2) is 17.5 Å². The summed E-state index contributed by atoms with van der Waals surface area (Å²) >= 11 is 3.69. The smallest absolute Gasteiger partial charge is 0.164 e. The molecule has 6 nitrogen and oxygen atoms in total. The number of halogens is 1. The van der Waals surface area contributed by atoms with Gasteiger partial charge in [-0.1, -0.05) is 82.7 Å². The molecule has 0 bridgehead atoms. The Bertz CT molecular complexity index is 1900. The summed E-state index contributed by atoms with van der Waals surface area (Å²) in [7, 11) is 0. The van der Waals surface area contributed by atoms with Crippen molar-refractivity contribution in [3.63, 3.8) is 0 Å². The molecule has 0 unspecified atom stereocenters. The summed E-state index contributed by atoms with van der Waals surface area (Å²) in [4.78, 5) is 27.7. The Morgan fingerprint density at radius 3 is 1.14 bits per heavy atom. The lowest BCUT2D eigenvalue weighted by molar-refractivity contribution is 1.07. The van der Waals surface area contributed by atoms with Gasteiger partial charge in [-0.3, -0.25) is 15.0 Å². The molecule has 0 fully saturated rings. The van der Waals surface area contributed by atoms with Crippen molar-refractivity contribution in [2.45, 2.75) is 0 Å². The number of hydrogen-bond acceptors (Lipinski definition) is 6. The molecule has 7 aromatic rings. The predicted molar refractivity (Wildman–Crippen MR) is 174 cm³/mol. The minimum atomic E-state index is 0.583. The third kappa shape index (κ3) is 5.84. The van der Waals surface area contributed by atoms with Crippen molar-refractivity contribution in [3.05, 3.63) is 145 Å². The maximum atomic E-state index is 4.96. The van der Waals surface area contributed by atoms with Crippen molar-refractivity contribution in [3.8, 4) is 67.5 Å². The highest BCUT2D eigenvalue weighted by molar-refractivity contribution is 9.10. The molecule has 7 rings (SSSR count). The van der Waals surface area contributed by atoms with Crippen molar-refractivity contribution in [1.82, 2.24) is 29.9 Å². The van der Waals surface area contributed by atoms with E-state index in [4.69, 9.17) is 15.0 Å². The van der Waals surface area contributed by atoms with Gasteiger partial charge in [0.25, 0.3) is 0 Å². The first-order valence-corrected chi connectivity index (χ1v) is 14.5. The minimum Gasteiger partial charge on any atom is -0.264 e. The molecule has 0 spiro atoms. The summed E-state index contributed by atoms with van der Waals surface area (Å²) in [6.07, 6.45) is 10.9. The number of nitrogens with zero attached hydrogens (tertiary/aromatic N) is 6. The zero-order chi connectivity index (χ0) is 29.0. The van der Waals surface area contributed by atoms with E-state index >= 15 is 0 Å². The minimum absolute atomic E-state index is 0.583. The number of rotatable bonds is 6. The third-order valence-corrected chi connectivity index (χ3v) is 7.52. The summed E-state index contributed by atoms with van der Waals surface area (Å²) in [5, 5.41) is 0. The van der Waals surface area contributed by atoms with Gasteiger partial charge in [-0.2, -0.15) is 0 Å². The van der Waals surface area contributed by atoms with Crippen molar-refractivity contribution >= 4 is 15.9 Å². The van der Waals surface area contributed by atoms with E-state index in [1.165, 1.54) is 0 Å². The average Bonchev–Trinajstić information content (AvgIpc) is 3.09. The van der Waals surface area contributed by atoms with Crippen molar-refractivity contribution in [1.29, 1.82) is 0 Å². The zero-order valence-electron chi connectivity index (χ0n) is 22.8. The summed E-state index contributed by atoms with van der Waals surface area (Å²) in [6, 6.07) is 34.5. The molecule has 0 saturated carbocycles. The van der Waals surface area contributed by atoms with Crippen LogP contribution in [0.3, 0.4) is 0 Å². The molecule has 3 aromatic carbocycles. The summed E-state index contributed by atoms with van der Waals surface area (Å²) < 4.78 is 0.925. The molecule has 0 amide bonds. The van der Waals surface area contributed by atoms with Crippen LogP contribution in [-0.2, 0) is 0 Å². The van der Waals surface area contributed by atoms with Gasteiger partial charge < -0.3 is 0 Å². The molecular weight excluding hydrogens is 596 g/mol. The molecule has 7 heteroatoms. The molecule has 0 saturated heterocycles. The predicted octanol–water partition coefficient (Wildman–Crippen LogP) is 8.82. The molecule has 0 radical (unpaired) electrons. The van der Waals surface area contributed by atoms with Crippen LogP contribution in [0.2, 0.25) is 0 Å². The molecule has 0 aliphatic heterocycles. The average molecular weight is 620 g/mol. The molecule has 4 heterocycles. The van der Waals surface area contributed by atoms with Gasteiger partial charge in [-0.15, -0.1) is 0 Å². The van der Waals surface area contributed by atoms with Gasteiger partial charge >= 0.3 is 0 Å². The molecule has 4 aromatic heterocycles. The van der Waals surface area contributed by atoms with Crippen LogP contribution in [0.1, 0.15) is 0 Å². The molecule has 0 N–H and O–H groups in total. The second kappa shape index (κ2) is 11.8. The first-order chi connectivity index (χ1) is 21.2. The van der Waals surface area contributed by atoms with Gasteiger partial charge in [-0.25, -0.2) is 15.0 Å². The fourth-order valence-electron chi connectivity index (χ4n) is 4.87. The zero-order valence-corrected chi connectivity index (χ0v) is 24.4. The lowest BCUT2D eigenvalue weighted by atomic mass is 10.0. The highest BCUT2D eigenvalue weighted by Gasteiger charge is 2.14.